The normalized spacial score (nSPS) is 20.0. The molecule has 0 bridgehead atoms. The van der Waals surface area contributed by atoms with Crippen molar-refractivity contribution in [3.63, 3.8) is 0 Å². The van der Waals surface area contributed by atoms with Crippen LogP contribution in [0.1, 0.15) is 29.0 Å². The van der Waals surface area contributed by atoms with E-state index < -0.39 is 0 Å². The van der Waals surface area contributed by atoms with Crippen molar-refractivity contribution in [2.45, 2.75) is 25.8 Å². The van der Waals surface area contributed by atoms with Gasteiger partial charge in [0.05, 0.1) is 5.92 Å². The van der Waals surface area contributed by atoms with E-state index in [1.807, 2.05) is 26.2 Å². The highest BCUT2D eigenvalue weighted by Gasteiger charge is 2.32. The summed E-state index contributed by atoms with van der Waals surface area (Å²) in [6.07, 6.45) is 0.824. The third kappa shape index (κ3) is 6.12. The molecule has 0 aromatic heterocycles. The number of piperidine rings is 1. The zero-order valence-corrected chi connectivity index (χ0v) is 17.7. The number of halogens is 1. The number of carbonyl (C=O) groups excluding carboxylic acids is 1. The summed E-state index contributed by atoms with van der Waals surface area (Å²) >= 11 is 0. The molecule has 2 atom stereocenters. The van der Waals surface area contributed by atoms with E-state index in [-0.39, 0.29) is 23.6 Å². The van der Waals surface area contributed by atoms with Crippen LogP contribution >= 0.6 is 0 Å². The van der Waals surface area contributed by atoms with Crippen LogP contribution in [0, 0.1) is 18.7 Å². The molecule has 0 spiro atoms. The van der Waals surface area contributed by atoms with Crippen LogP contribution in [0.15, 0.2) is 48.5 Å². The summed E-state index contributed by atoms with van der Waals surface area (Å²) < 4.78 is 14.2. The molecule has 3 rings (SSSR count). The van der Waals surface area contributed by atoms with Gasteiger partial charge in [0, 0.05) is 38.3 Å². The van der Waals surface area contributed by atoms with Gasteiger partial charge in [-0.15, -0.1) is 0 Å². The molecule has 0 saturated carbocycles. The molecule has 5 heteroatoms. The molecule has 1 amide bonds. The average Bonchev–Trinajstić information content (AvgIpc) is 2.69. The van der Waals surface area contributed by atoms with Crippen LogP contribution in [0.25, 0.3) is 0 Å². The molecule has 1 saturated heterocycles. The minimum atomic E-state index is -0.183. The monoisotopic (exact) mass is 397 g/mol. The second-order valence-corrected chi connectivity index (χ2v) is 8.42. The van der Waals surface area contributed by atoms with E-state index in [1.165, 1.54) is 17.2 Å². The van der Waals surface area contributed by atoms with Gasteiger partial charge in [-0.2, -0.15) is 0 Å². The number of hydrogen-bond donors (Lipinski definition) is 1. The fourth-order valence-corrected chi connectivity index (χ4v) is 4.09. The molecule has 156 valence electrons. The van der Waals surface area contributed by atoms with E-state index in [0.717, 1.165) is 19.5 Å². The topological polar surface area (TPSA) is 35.6 Å². The smallest absolute Gasteiger partial charge is 0.224 e. The Bertz CT molecular complexity index is 823. The summed E-state index contributed by atoms with van der Waals surface area (Å²) in [5.41, 5.74) is 3.17. The number of likely N-dealkylation sites (N-methyl/N-ethyl adjacent to an activating group) is 1. The van der Waals surface area contributed by atoms with Gasteiger partial charge in [-0.05, 0) is 45.0 Å². The number of likely N-dealkylation sites (tertiary alicyclic amines) is 1. The van der Waals surface area contributed by atoms with E-state index in [4.69, 9.17) is 0 Å². The van der Waals surface area contributed by atoms with Gasteiger partial charge < -0.3 is 10.2 Å². The molecule has 1 N–H and O–H groups in total. The standard InChI is InChI=1S/C24H32FN3O/c1-18-7-6-9-19(13-18)21-14-22(24(29)26-11-12-27(2)3)17-28(16-21)15-20-8-4-5-10-23(20)25/h4-10,13,21-22H,11-12,14-17H2,1-3H3,(H,26,29). The van der Waals surface area contributed by atoms with Gasteiger partial charge in [-0.1, -0.05) is 48.0 Å². The summed E-state index contributed by atoms with van der Waals surface area (Å²) in [6.45, 7) is 5.57. The Balaban J connectivity index is 1.75. The molecular formula is C24H32FN3O. The zero-order valence-electron chi connectivity index (χ0n) is 17.7. The molecule has 1 aliphatic rings. The first kappa shape index (κ1) is 21.5. The van der Waals surface area contributed by atoms with E-state index in [0.29, 0.717) is 25.2 Å². The van der Waals surface area contributed by atoms with E-state index in [2.05, 4.69) is 46.3 Å². The quantitative estimate of drug-likeness (QED) is 0.778. The number of carbonyl (C=O) groups is 1. The van der Waals surface area contributed by atoms with Crippen molar-refractivity contribution < 1.29 is 9.18 Å². The Hall–Kier alpha value is -2.24. The minimum Gasteiger partial charge on any atom is -0.355 e. The number of benzene rings is 2. The van der Waals surface area contributed by atoms with Crippen LogP contribution in [-0.4, -0.2) is 56.0 Å². The molecule has 1 heterocycles. The van der Waals surface area contributed by atoms with Crippen LogP contribution in [-0.2, 0) is 11.3 Å². The second-order valence-electron chi connectivity index (χ2n) is 8.42. The maximum atomic E-state index is 14.2. The van der Waals surface area contributed by atoms with Crippen LogP contribution in [0.4, 0.5) is 4.39 Å². The average molecular weight is 398 g/mol. The maximum Gasteiger partial charge on any atom is 0.224 e. The molecule has 1 aliphatic heterocycles. The maximum absolute atomic E-state index is 14.2. The number of aryl methyl sites for hydroxylation is 1. The summed E-state index contributed by atoms with van der Waals surface area (Å²) in [5.74, 6) is 0.0862. The molecule has 2 unspecified atom stereocenters. The number of amides is 1. The number of hydrogen-bond acceptors (Lipinski definition) is 3. The van der Waals surface area contributed by atoms with Crippen LogP contribution in [0.3, 0.4) is 0 Å². The van der Waals surface area contributed by atoms with Crippen LogP contribution < -0.4 is 5.32 Å². The van der Waals surface area contributed by atoms with Crippen molar-refractivity contribution in [1.29, 1.82) is 0 Å². The lowest BCUT2D eigenvalue weighted by atomic mass is 9.83. The molecule has 0 aliphatic carbocycles. The van der Waals surface area contributed by atoms with Crippen molar-refractivity contribution in [2.75, 3.05) is 40.3 Å². The second kappa shape index (κ2) is 9.99. The first-order valence-electron chi connectivity index (χ1n) is 10.4. The van der Waals surface area contributed by atoms with Gasteiger partial charge in [0.2, 0.25) is 5.91 Å². The Labute approximate surface area is 173 Å². The van der Waals surface area contributed by atoms with Crippen molar-refractivity contribution >= 4 is 5.91 Å². The molecular weight excluding hydrogens is 365 g/mol. The summed E-state index contributed by atoms with van der Waals surface area (Å²) in [6, 6.07) is 15.4. The number of nitrogens with one attached hydrogen (secondary N) is 1. The summed E-state index contributed by atoms with van der Waals surface area (Å²) in [7, 11) is 3.99. The summed E-state index contributed by atoms with van der Waals surface area (Å²) in [4.78, 5) is 17.1. The molecule has 1 fully saturated rings. The van der Waals surface area contributed by atoms with E-state index in [9.17, 15) is 9.18 Å². The molecule has 29 heavy (non-hydrogen) atoms. The Morgan fingerprint density at radius 3 is 2.69 bits per heavy atom. The fourth-order valence-electron chi connectivity index (χ4n) is 4.09. The minimum absolute atomic E-state index is 0.0943. The van der Waals surface area contributed by atoms with Crippen LogP contribution in [0.5, 0.6) is 0 Å². The van der Waals surface area contributed by atoms with Gasteiger partial charge in [-0.3, -0.25) is 9.69 Å². The molecule has 4 nitrogen and oxygen atoms in total. The van der Waals surface area contributed by atoms with Gasteiger partial charge in [0.15, 0.2) is 0 Å². The molecule has 2 aromatic rings. The lowest BCUT2D eigenvalue weighted by Gasteiger charge is -2.37. The van der Waals surface area contributed by atoms with Crippen molar-refractivity contribution in [1.82, 2.24) is 15.1 Å². The lowest BCUT2D eigenvalue weighted by Crippen LogP contribution is -2.46. The highest BCUT2D eigenvalue weighted by atomic mass is 19.1. The SMILES string of the molecule is Cc1cccc(C2CC(C(=O)NCCN(C)C)CN(Cc3ccccc3F)C2)c1. The highest BCUT2D eigenvalue weighted by Crippen LogP contribution is 2.32. The van der Waals surface area contributed by atoms with Crippen molar-refractivity contribution in [3.05, 3.63) is 71.0 Å². The van der Waals surface area contributed by atoms with Crippen molar-refractivity contribution in [2.24, 2.45) is 5.92 Å². The predicted octanol–water partition coefficient (Wildman–Crippen LogP) is 3.42. The third-order valence-electron chi connectivity index (χ3n) is 5.62. The Morgan fingerprint density at radius 2 is 1.97 bits per heavy atom. The Morgan fingerprint density at radius 1 is 1.17 bits per heavy atom. The first-order chi connectivity index (χ1) is 13.9. The molecule has 0 radical (unpaired) electrons. The third-order valence-corrected chi connectivity index (χ3v) is 5.62. The molecule has 2 aromatic carbocycles. The number of rotatable bonds is 7. The zero-order chi connectivity index (χ0) is 20.8. The largest absolute Gasteiger partial charge is 0.355 e. The van der Waals surface area contributed by atoms with E-state index in [1.54, 1.807) is 6.07 Å². The van der Waals surface area contributed by atoms with E-state index >= 15 is 0 Å². The van der Waals surface area contributed by atoms with Crippen LogP contribution in [0.2, 0.25) is 0 Å². The summed E-state index contributed by atoms with van der Waals surface area (Å²) in [5, 5.41) is 3.08. The Kier molecular flexibility index (Phi) is 7.40. The van der Waals surface area contributed by atoms with Gasteiger partial charge in [-0.25, -0.2) is 4.39 Å². The highest BCUT2D eigenvalue weighted by molar-refractivity contribution is 5.79. The van der Waals surface area contributed by atoms with Gasteiger partial charge >= 0.3 is 0 Å². The van der Waals surface area contributed by atoms with Crippen molar-refractivity contribution in [3.8, 4) is 0 Å². The fraction of sp³-hybridized carbons (Fsp3) is 0.458. The van der Waals surface area contributed by atoms with Gasteiger partial charge in [0.1, 0.15) is 5.82 Å². The predicted molar refractivity (Wildman–Crippen MR) is 115 cm³/mol. The first-order valence-corrected chi connectivity index (χ1v) is 10.4. The number of nitrogens with zero attached hydrogens (tertiary/aromatic N) is 2. The lowest BCUT2D eigenvalue weighted by molar-refractivity contribution is -0.127. The van der Waals surface area contributed by atoms with Gasteiger partial charge in [0.25, 0.3) is 0 Å².